The maximum atomic E-state index is 5.09. The summed E-state index contributed by atoms with van der Waals surface area (Å²) in [6.45, 7) is 8.30. The fraction of sp³-hybridized carbons (Fsp3) is 0.600. The molecule has 4 heteroatoms. The molecule has 0 saturated carbocycles. The van der Waals surface area contributed by atoms with Crippen LogP contribution in [-0.2, 0) is 11.3 Å². The summed E-state index contributed by atoms with van der Waals surface area (Å²) in [7, 11) is 1.75. The van der Waals surface area contributed by atoms with E-state index >= 15 is 0 Å². The van der Waals surface area contributed by atoms with Crippen LogP contribution in [0.4, 0.5) is 0 Å². The number of hydrogen-bond donors (Lipinski definition) is 1. The van der Waals surface area contributed by atoms with Gasteiger partial charge in [0.2, 0.25) is 0 Å². The normalized spacial score (nSPS) is 11.8. The number of nitrogens with one attached hydrogen (secondary N) is 1. The topological polar surface area (TPSA) is 21.3 Å². The summed E-state index contributed by atoms with van der Waals surface area (Å²) in [6, 6.07) is 6.51. The van der Waals surface area contributed by atoms with Crippen molar-refractivity contribution < 1.29 is 4.74 Å². The Morgan fingerprint density at radius 1 is 1.32 bits per heavy atom. The fourth-order valence-corrected chi connectivity index (χ4v) is 2.94. The summed E-state index contributed by atoms with van der Waals surface area (Å²) >= 11 is 5.46. The van der Waals surface area contributed by atoms with E-state index in [-0.39, 0.29) is 5.54 Å². The molecule has 19 heavy (non-hydrogen) atoms. The first-order valence-corrected chi connectivity index (χ1v) is 8.35. The Hall–Kier alpha value is -0.0300. The summed E-state index contributed by atoms with van der Waals surface area (Å²) in [6.07, 6.45) is 1.09. The Kier molecular flexibility index (Phi) is 7.44. The van der Waals surface area contributed by atoms with Crippen molar-refractivity contribution in [3.05, 3.63) is 28.2 Å². The molecule has 1 N–H and O–H groups in total. The molecule has 2 nitrogen and oxygen atoms in total. The van der Waals surface area contributed by atoms with Crippen LogP contribution in [-0.4, -0.2) is 25.0 Å². The Morgan fingerprint density at radius 2 is 2.05 bits per heavy atom. The predicted molar refractivity (Wildman–Crippen MR) is 88.0 cm³/mol. The Balaban J connectivity index is 2.63. The lowest BCUT2D eigenvalue weighted by Gasteiger charge is -2.21. The van der Waals surface area contributed by atoms with Crippen LogP contribution < -0.4 is 5.32 Å². The van der Waals surface area contributed by atoms with Crippen LogP contribution in [0.5, 0.6) is 0 Å². The van der Waals surface area contributed by atoms with Gasteiger partial charge in [0.25, 0.3) is 0 Å². The van der Waals surface area contributed by atoms with Gasteiger partial charge in [-0.2, -0.15) is 0 Å². The van der Waals surface area contributed by atoms with Crippen LogP contribution in [0.3, 0.4) is 0 Å². The second-order valence-electron chi connectivity index (χ2n) is 5.55. The van der Waals surface area contributed by atoms with E-state index in [0.29, 0.717) is 0 Å². The van der Waals surface area contributed by atoms with Crippen molar-refractivity contribution in [1.29, 1.82) is 0 Å². The molecule has 0 unspecified atom stereocenters. The van der Waals surface area contributed by atoms with E-state index in [1.165, 1.54) is 10.5 Å². The highest BCUT2D eigenvalue weighted by atomic mass is 79.9. The van der Waals surface area contributed by atoms with Crippen LogP contribution in [0.2, 0.25) is 0 Å². The molecule has 0 saturated heterocycles. The fourth-order valence-electron chi connectivity index (χ4n) is 1.57. The first kappa shape index (κ1) is 17.0. The highest BCUT2D eigenvalue weighted by molar-refractivity contribution is 9.10. The molecule has 0 aliphatic rings. The summed E-state index contributed by atoms with van der Waals surface area (Å²) in [4.78, 5) is 1.36. The van der Waals surface area contributed by atoms with Gasteiger partial charge < -0.3 is 10.1 Å². The van der Waals surface area contributed by atoms with Gasteiger partial charge in [-0.05, 0) is 51.0 Å². The first-order valence-electron chi connectivity index (χ1n) is 6.57. The summed E-state index contributed by atoms with van der Waals surface area (Å²) in [5.74, 6) is 1.10. The van der Waals surface area contributed by atoms with Crippen molar-refractivity contribution >= 4 is 27.7 Å². The molecule has 0 bridgehead atoms. The van der Waals surface area contributed by atoms with Gasteiger partial charge in [0.05, 0.1) is 0 Å². The van der Waals surface area contributed by atoms with Crippen molar-refractivity contribution in [2.75, 3.05) is 19.5 Å². The number of thioether (sulfide) groups is 1. The highest BCUT2D eigenvalue weighted by Crippen LogP contribution is 2.27. The largest absolute Gasteiger partial charge is 0.385 e. The summed E-state index contributed by atoms with van der Waals surface area (Å²) in [5.41, 5.74) is 1.49. The molecule has 0 aliphatic heterocycles. The molecule has 108 valence electrons. The van der Waals surface area contributed by atoms with Crippen molar-refractivity contribution in [2.24, 2.45) is 0 Å². The number of rotatable bonds is 7. The Labute approximate surface area is 129 Å². The van der Waals surface area contributed by atoms with Gasteiger partial charge in [-0.15, -0.1) is 11.8 Å². The number of ether oxygens (including phenoxy) is 1. The van der Waals surface area contributed by atoms with Gasteiger partial charge in [0.1, 0.15) is 0 Å². The number of halogens is 1. The van der Waals surface area contributed by atoms with Gasteiger partial charge in [0, 0.05) is 40.9 Å². The zero-order valence-electron chi connectivity index (χ0n) is 12.3. The summed E-state index contributed by atoms with van der Waals surface area (Å²) < 4.78 is 6.23. The smallest absolute Gasteiger partial charge is 0.0470 e. The minimum absolute atomic E-state index is 0.139. The first-order chi connectivity index (χ1) is 8.92. The van der Waals surface area contributed by atoms with E-state index in [1.807, 2.05) is 11.8 Å². The van der Waals surface area contributed by atoms with Crippen molar-refractivity contribution in [1.82, 2.24) is 5.32 Å². The average molecular weight is 346 g/mol. The second kappa shape index (κ2) is 8.30. The zero-order chi connectivity index (χ0) is 14.3. The molecular formula is C15H24BrNOS. The molecule has 1 rings (SSSR count). The Bertz CT molecular complexity index is 390. The minimum Gasteiger partial charge on any atom is -0.385 e. The maximum Gasteiger partial charge on any atom is 0.0470 e. The molecule has 0 fully saturated rings. The molecule has 0 radical (unpaired) electrons. The molecule has 0 amide bonds. The van der Waals surface area contributed by atoms with Crippen LogP contribution in [0.25, 0.3) is 0 Å². The summed E-state index contributed by atoms with van der Waals surface area (Å²) in [5, 5.41) is 3.55. The number of methoxy groups -OCH3 is 1. The SMILES string of the molecule is COCCCSc1ccc(Br)cc1CNC(C)(C)C. The monoisotopic (exact) mass is 345 g/mol. The third-order valence-electron chi connectivity index (χ3n) is 2.58. The predicted octanol–water partition coefficient (Wildman–Crippen LogP) is 4.47. The van der Waals surface area contributed by atoms with Gasteiger partial charge in [-0.25, -0.2) is 0 Å². The lowest BCUT2D eigenvalue weighted by molar-refractivity contribution is 0.200. The number of benzene rings is 1. The number of hydrogen-bond acceptors (Lipinski definition) is 3. The van der Waals surface area contributed by atoms with E-state index in [1.54, 1.807) is 7.11 Å². The van der Waals surface area contributed by atoms with Crippen molar-refractivity contribution in [3.63, 3.8) is 0 Å². The molecular weight excluding hydrogens is 322 g/mol. The molecule has 0 heterocycles. The van der Waals surface area contributed by atoms with Crippen LogP contribution in [0.15, 0.2) is 27.6 Å². The lowest BCUT2D eigenvalue weighted by atomic mass is 10.1. The van der Waals surface area contributed by atoms with E-state index in [2.05, 4.69) is 60.2 Å². The second-order valence-corrected chi connectivity index (χ2v) is 7.60. The van der Waals surface area contributed by atoms with E-state index < -0.39 is 0 Å². The van der Waals surface area contributed by atoms with E-state index in [4.69, 9.17) is 4.74 Å². The lowest BCUT2D eigenvalue weighted by Crippen LogP contribution is -2.35. The average Bonchev–Trinajstić information content (AvgIpc) is 2.33. The quantitative estimate of drug-likeness (QED) is 0.582. The molecule has 0 atom stereocenters. The van der Waals surface area contributed by atoms with Gasteiger partial charge in [-0.3, -0.25) is 0 Å². The van der Waals surface area contributed by atoms with Gasteiger partial charge >= 0.3 is 0 Å². The van der Waals surface area contributed by atoms with Crippen LogP contribution >= 0.6 is 27.7 Å². The van der Waals surface area contributed by atoms with Crippen LogP contribution in [0.1, 0.15) is 32.8 Å². The molecule has 0 aliphatic carbocycles. The van der Waals surface area contributed by atoms with Gasteiger partial charge in [0.15, 0.2) is 0 Å². The van der Waals surface area contributed by atoms with Crippen molar-refractivity contribution in [2.45, 2.75) is 44.2 Å². The molecule has 0 aromatic heterocycles. The van der Waals surface area contributed by atoms with E-state index in [9.17, 15) is 0 Å². The Morgan fingerprint density at radius 3 is 2.68 bits per heavy atom. The van der Waals surface area contributed by atoms with E-state index in [0.717, 1.165) is 29.8 Å². The van der Waals surface area contributed by atoms with Gasteiger partial charge in [-0.1, -0.05) is 15.9 Å². The van der Waals surface area contributed by atoms with Crippen LogP contribution in [0, 0.1) is 0 Å². The standard InChI is InChI=1S/C15H24BrNOS/c1-15(2,3)17-11-12-10-13(16)6-7-14(12)19-9-5-8-18-4/h6-7,10,17H,5,8-9,11H2,1-4H3. The maximum absolute atomic E-state index is 5.09. The molecule has 0 spiro atoms. The zero-order valence-corrected chi connectivity index (χ0v) is 14.7. The molecule has 1 aromatic carbocycles. The molecule has 1 aromatic rings. The van der Waals surface area contributed by atoms with Crippen molar-refractivity contribution in [3.8, 4) is 0 Å². The minimum atomic E-state index is 0.139. The third kappa shape index (κ3) is 7.35. The highest BCUT2D eigenvalue weighted by Gasteiger charge is 2.11. The third-order valence-corrected chi connectivity index (χ3v) is 4.28.